The fraction of sp³-hybridized carbons (Fsp3) is 0.250. The van der Waals surface area contributed by atoms with E-state index < -0.39 is 11.9 Å². The predicted molar refractivity (Wildman–Crippen MR) is 80.5 cm³/mol. The molecule has 0 aliphatic carbocycles. The fourth-order valence-electron chi connectivity index (χ4n) is 2.06. The first-order valence-corrected chi connectivity index (χ1v) is 6.74. The average molecular weight is 286 g/mol. The second-order valence-electron chi connectivity index (χ2n) is 5.08. The van der Waals surface area contributed by atoms with Crippen molar-refractivity contribution in [3.8, 4) is 0 Å². The second kappa shape index (κ2) is 6.26. The van der Waals surface area contributed by atoms with Crippen LogP contribution in [0.1, 0.15) is 41.4 Å². The molecule has 0 saturated carbocycles. The first kappa shape index (κ1) is 14.8. The van der Waals surface area contributed by atoms with Gasteiger partial charge in [-0.25, -0.2) is 4.79 Å². The van der Waals surface area contributed by atoms with E-state index >= 15 is 0 Å². The third-order valence-corrected chi connectivity index (χ3v) is 3.14. The lowest BCUT2D eigenvalue weighted by Crippen LogP contribution is -2.34. The van der Waals surface area contributed by atoms with Gasteiger partial charge in [0.05, 0.1) is 6.26 Å². The van der Waals surface area contributed by atoms with Gasteiger partial charge in [0.1, 0.15) is 0 Å². The standard InChI is InChI=1S/C16H18N2O3/c1-10(2)12-7-4-6-11(3)14(12)17-16(20)18-15(19)13-8-5-9-21-13/h4-10H,1-3H3,(H2,17,18,19,20). The van der Waals surface area contributed by atoms with Crippen molar-refractivity contribution >= 4 is 17.6 Å². The molecule has 0 bridgehead atoms. The molecule has 0 atom stereocenters. The summed E-state index contributed by atoms with van der Waals surface area (Å²) < 4.78 is 4.94. The molecule has 0 spiro atoms. The molecule has 0 unspecified atom stereocenters. The molecular weight excluding hydrogens is 268 g/mol. The van der Waals surface area contributed by atoms with Gasteiger partial charge in [-0.05, 0) is 36.1 Å². The maximum atomic E-state index is 12.0. The molecule has 0 aliphatic heterocycles. The molecule has 0 fully saturated rings. The lowest BCUT2D eigenvalue weighted by Gasteiger charge is -2.16. The van der Waals surface area contributed by atoms with Crippen molar-refractivity contribution in [1.82, 2.24) is 5.32 Å². The van der Waals surface area contributed by atoms with Crippen LogP contribution >= 0.6 is 0 Å². The van der Waals surface area contributed by atoms with Crippen LogP contribution in [0.4, 0.5) is 10.5 Å². The zero-order valence-electron chi connectivity index (χ0n) is 12.3. The highest BCUT2D eigenvalue weighted by Crippen LogP contribution is 2.27. The summed E-state index contributed by atoms with van der Waals surface area (Å²) in [6, 6.07) is 8.33. The van der Waals surface area contributed by atoms with Gasteiger partial charge in [-0.15, -0.1) is 0 Å². The molecule has 0 radical (unpaired) electrons. The van der Waals surface area contributed by atoms with Crippen molar-refractivity contribution in [1.29, 1.82) is 0 Å². The predicted octanol–water partition coefficient (Wildman–Crippen LogP) is 3.67. The van der Waals surface area contributed by atoms with Crippen molar-refractivity contribution in [3.05, 3.63) is 53.5 Å². The monoisotopic (exact) mass is 286 g/mol. The molecule has 1 heterocycles. The van der Waals surface area contributed by atoms with E-state index in [2.05, 4.69) is 10.6 Å². The molecule has 2 aromatic rings. The number of aryl methyl sites for hydroxylation is 1. The summed E-state index contributed by atoms with van der Waals surface area (Å²) in [7, 11) is 0. The molecular formula is C16H18N2O3. The first-order valence-electron chi connectivity index (χ1n) is 6.74. The number of carbonyl (C=O) groups excluding carboxylic acids is 2. The van der Waals surface area contributed by atoms with E-state index in [0.717, 1.165) is 16.8 Å². The summed E-state index contributed by atoms with van der Waals surface area (Å²) in [5.74, 6) is -0.211. The van der Waals surface area contributed by atoms with Gasteiger partial charge in [0, 0.05) is 5.69 Å². The van der Waals surface area contributed by atoms with Crippen molar-refractivity contribution < 1.29 is 14.0 Å². The molecule has 5 heteroatoms. The second-order valence-corrected chi connectivity index (χ2v) is 5.08. The number of hydrogen-bond donors (Lipinski definition) is 2. The highest BCUT2D eigenvalue weighted by Gasteiger charge is 2.15. The molecule has 3 amide bonds. The SMILES string of the molecule is Cc1cccc(C(C)C)c1NC(=O)NC(=O)c1ccco1. The number of imide groups is 1. The van der Waals surface area contributed by atoms with Gasteiger partial charge in [0.25, 0.3) is 5.91 Å². The number of furan rings is 1. The van der Waals surface area contributed by atoms with Crippen molar-refractivity contribution in [2.75, 3.05) is 5.32 Å². The number of hydrogen-bond acceptors (Lipinski definition) is 3. The van der Waals surface area contributed by atoms with Gasteiger partial charge in [-0.2, -0.15) is 0 Å². The summed E-state index contributed by atoms with van der Waals surface area (Å²) >= 11 is 0. The Bertz CT molecular complexity index is 646. The highest BCUT2D eigenvalue weighted by atomic mass is 16.3. The molecule has 1 aromatic carbocycles. The van der Waals surface area contributed by atoms with Crippen LogP contribution in [0.3, 0.4) is 0 Å². The fourth-order valence-corrected chi connectivity index (χ4v) is 2.06. The van der Waals surface area contributed by atoms with E-state index in [1.54, 1.807) is 6.07 Å². The summed E-state index contributed by atoms with van der Waals surface area (Å²) in [6.45, 7) is 6.01. The van der Waals surface area contributed by atoms with Crippen LogP contribution in [0.5, 0.6) is 0 Å². The smallest absolute Gasteiger partial charge is 0.326 e. The van der Waals surface area contributed by atoms with Crippen LogP contribution < -0.4 is 10.6 Å². The number of benzene rings is 1. The Morgan fingerprint density at radius 3 is 2.52 bits per heavy atom. The average Bonchev–Trinajstić information content (AvgIpc) is 2.94. The Balaban J connectivity index is 2.11. The number of carbonyl (C=O) groups is 2. The van der Waals surface area contributed by atoms with Crippen LogP contribution in [0.15, 0.2) is 41.0 Å². The van der Waals surface area contributed by atoms with Crippen molar-refractivity contribution in [2.45, 2.75) is 26.7 Å². The van der Waals surface area contributed by atoms with Crippen LogP contribution in [0.2, 0.25) is 0 Å². The van der Waals surface area contributed by atoms with Gasteiger partial charge in [0.15, 0.2) is 5.76 Å². The maximum absolute atomic E-state index is 12.0. The minimum atomic E-state index is -0.576. The number of urea groups is 1. The van der Waals surface area contributed by atoms with E-state index in [0.29, 0.717) is 0 Å². The minimum absolute atomic E-state index is 0.0963. The summed E-state index contributed by atoms with van der Waals surface area (Å²) in [4.78, 5) is 23.7. The topological polar surface area (TPSA) is 71.3 Å². The van der Waals surface area contributed by atoms with E-state index in [1.165, 1.54) is 12.3 Å². The van der Waals surface area contributed by atoms with Crippen LogP contribution in [-0.4, -0.2) is 11.9 Å². The molecule has 0 aliphatic rings. The normalized spacial score (nSPS) is 10.5. The summed E-state index contributed by atoms with van der Waals surface area (Å²) in [5.41, 5.74) is 2.70. The molecule has 2 rings (SSSR count). The molecule has 5 nitrogen and oxygen atoms in total. The summed E-state index contributed by atoms with van der Waals surface area (Å²) in [5, 5.41) is 4.98. The lowest BCUT2D eigenvalue weighted by molar-refractivity contribution is 0.0940. The Morgan fingerprint density at radius 2 is 1.90 bits per heavy atom. The number of amides is 3. The largest absolute Gasteiger partial charge is 0.459 e. The quantitative estimate of drug-likeness (QED) is 0.904. The van der Waals surface area contributed by atoms with Gasteiger partial charge in [-0.1, -0.05) is 32.0 Å². The Hall–Kier alpha value is -2.56. The third-order valence-electron chi connectivity index (χ3n) is 3.14. The van der Waals surface area contributed by atoms with Crippen LogP contribution in [-0.2, 0) is 0 Å². The van der Waals surface area contributed by atoms with Crippen LogP contribution in [0, 0.1) is 6.92 Å². The Morgan fingerprint density at radius 1 is 1.14 bits per heavy atom. The van der Waals surface area contributed by atoms with E-state index in [-0.39, 0.29) is 11.7 Å². The molecule has 1 aromatic heterocycles. The number of nitrogens with one attached hydrogen (secondary N) is 2. The molecule has 110 valence electrons. The van der Waals surface area contributed by atoms with E-state index in [9.17, 15) is 9.59 Å². The maximum Gasteiger partial charge on any atom is 0.326 e. The summed E-state index contributed by atoms with van der Waals surface area (Å²) in [6.07, 6.45) is 1.38. The molecule has 0 saturated heterocycles. The Labute approximate surface area is 123 Å². The third kappa shape index (κ3) is 3.51. The minimum Gasteiger partial charge on any atom is -0.459 e. The van der Waals surface area contributed by atoms with Crippen molar-refractivity contribution in [3.63, 3.8) is 0 Å². The van der Waals surface area contributed by atoms with Gasteiger partial charge in [0.2, 0.25) is 0 Å². The zero-order valence-corrected chi connectivity index (χ0v) is 12.3. The van der Waals surface area contributed by atoms with Gasteiger partial charge < -0.3 is 9.73 Å². The van der Waals surface area contributed by atoms with Gasteiger partial charge in [-0.3, -0.25) is 10.1 Å². The highest BCUT2D eigenvalue weighted by molar-refractivity contribution is 6.07. The van der Waals surface area contributed by atoms with Crippen LogP contribution in [0.25, 0.3) is 0 Å². The number of para-hydroxylation sites is 1. The van der Waals surface area contributed by atoms with E-state index in [1.807, 2.05) is 39.0 Å². The molecule has 21 heavy (non-hydrogen) atoms. The van der Waals surface area contributed by atoms with E-state index in [4.69, 9.17) is 4.42 Å². The zero-order chi connectivity index (χ0) is 15.4. The Kier molecular flexibility index (Phi) is 4.42. The lowest BCUT2D eigenvalue weighted by atomic mass is 9.98. The molecule has 2 N–H and O–H groups in total. The van der Waals surface area contributed by atoms with Crippen molar-refractivity contribution in [2.24, 2.45) is 0 Å². The number of anilines is 1. The first-order chi connectivity index (χ1) is 9.99. The number of rotatable bonds is 3. The van der Waals surface area contributed by atoms with Gasteiger partial charge >= 0.3 is 6.03 Å².